The van der Waals surface area contributed by atoms with Crippen LogP contribution in [0.1, 0.15) is 0 Å². The molecule has 0 aliphatic carbocycles. The first-order valence-corrected chi connectivity index (χ1v) is 4.97. The second kappa shape index (κ2) is 3.38. The van der Waals surface area contributed by atoms with Gasteiger partial charge in [-0.15, -0.1) is 11.3 Å². The normalized spacial score (nSPS) is 10.4. The van der Waals surface area contributed by atoms with Gasteiger partial charge < -0.3 is 14.6 Å². The molecule has 14 heavy (non-hydrogen) atoms. The zero-order valence-corrected chi connectivity index (χ0v) is 8.72. The van der Waals surface area contributed by atoms with Crippen LogP contribution in [0, 0.1) is 0 Å². The Labute approximate surface area is 85.5 Å². The van der Waals surface area contributed by atoms with E-state index in [1.807, 2.05) is 11.4 Å². The average molecular weight is 210 g/mol. The molecule has 0 saturated heterocycles. The third kappa shape index (κ3) is 1.19. The van der Waals surface area contributed by atoms with Crippen molar-refractivity contribution in [3.8, 4) is 17.2 Å². The van der Waals surface area contributed by atoms with Gasteiger partial charge in [0.05, 0.1) is 18.9 Å². The van der Waals surface area contributed by atoms with E-state index in [1.54, 1.807) is 20.3 Å². The number of aromatic hydroxyl groups is 1. The van der Waals surface area contributed by atoms with Crippen LogP contribution in [-0.2, 0) is 0 Å². The van der Waals surface area contributed by atoms with Crippen LogP contribution in [0.2, 0.25) is 0 Å². The number of benzene rings is 1. The molecule has 0 bridgehead atoms. The van der Waals surface area contributed by atoms with E-state index in [0.29, 0.717) is 11.5 Å². The van der Waals surface area contributed by atoms with Crippen LogP contribution in [0.25, 0.3) is 10.1 Å². The second-order valence-corrected chi connectivity index (χ2v) is 3.71. The molecule has 0 aliphatic rings. The molecule has 74 valence electrons. The highest BCUT2D eigenvalue weighted by atomic mass is 32.1. The van der Waals surface area contributed by atoms with E-state index in [2.05, 4.69) is 0 Å². The van der Waals surface area contributed by atoms with Gasteiger partial charge in [-0.3, -0.25) is 0 Å². The average Bonchev–Trinajstić information content (AvgIpc) is 2.65. The van der Waals surface area contributed by atoms with Crippen molar-refractivity contribution in [3.05, 3.63) is 17.5 Å². The highest BCUT2D eigenvalue weighted by Crippen LogP contribution is 2.43. The topological polar surface area (TPSA) is 38.7 Å². The molecule has 1 heterocycles. The van der Waals surface area contributed by atoms with Gasteiger partial charge in [0.2, 0.25) is 0 Å². The number of thiophene rings is 1. The Morgan fingerprint density at radius 1 is 1.29 bits per heavy atom. The number of methoxy groups -OCH3 is 2. The summed E-state index contributed by atoms with van der Waals surface area (Å²) in [7, 11) is 3.12. The first-order valence-electron chi connectivity index (χ1n) is 4.09. The molecule has 2 rings (SSSR count). The third-order valence-corrected chi connectivity index (χ3v) is 2.97. The van der Waals surface area contributed by atoms with Gasteiger partial charge >= 0.3 is 0 Å². The summed E-state index contributed by atoms with van der Waals surface area (Å²) in [6, 6.07) is 3.51. The van der Waals surface area contributed by atoms with Crippen molar-refractivity contribution in [3.63, 3.8) is 0 Å². The van der Waals surface area contributed by atoms with Crippen molar-refractivity contribution in [1.29, 1.82) is 0 Å². The molecule has 2 aromatic rings. The number of hydrogen-bond acceptors (Lipinski definition) is 4. The van der Waals surface area contributed by atoms with Gasteiger partial charge in [-0.2, -0.15) is 0 Å². The summed E-state index contributed by atoms with van der Waals surface area (Å²) in [6.45, 7) is 0. The number of ether oxygens (including phenoxy) is 2. The molecular formula is C10H10O3S. The molecule has 0 saturated carbocycles. The predicted octanol–water partition coefficient (Wildman–Crippen LogP) is 2.62. The summed E-state index contributed by atoms with van der Waals surface area (Å²) in [5, 5.41) is 12.5. The Hall–Kier alpha value is -1.42. The molecule has 0 aliphatic heterocycles. The van der Waals surface area contributed by atoms with E-state index < -0.39 is 0 Å². The maximum atomic E-state index is 9.64. The van der Waals surface area contributed by atoms with Gasteiger partial charge in [0, 0.05) is 11.5 Å². The molecule has 4 heteroatoms. The van der Waals surface area contributed by atoms with Gasteiger partial charge in [0.25, 0.3) is 0 Å². The molecule has 0 radical (unpaired) electrons. The highest BCUT2D eigenvalue weighted by molar-refractivity contribution is 7.17. The maximum Gasteiger partial charge on any atom is 0.178 e. The molecule has 0 amide bonds. The van der Waals surface area contributed by atoms with Gasteiger partial charge in [0.15, 0.2) is 11.5 Å². The fourth-order valence-corrected chi connectivity index (χ4v) is 2.36. The van der Waals surface area contributed by atoms with Crippen LogP contribution >= 0.6 is 11.3 Å². The van der Waals surface area contributed by atoms with Gasteiger partial charge in [-0.1, -0.05) is 0 Å². The lowest BCUT2D eigenvalue weighted by atomic mass is 10.2. The molecule has 0 atom stereocenters. The van der Waals surface area contributed by atoms with Crippen molar-refractivity contribution < 1.29 is 14.6 Å². The van der Waals surface area contributed by atoms with Crippen molar-refractivity contribution >= 4 is 21.4 Å². The smallest absolute Gasteiger partial charge is 0.178 e. The maximum absolute atomic E-state index is 9.64. The van der Waals surface area contributed by atoms with Crippen LogP contribution < -0.4 is 9.47 Å². The number of phenols is 1. The summed E-state index contributed by atoms with van der Waals surface area (Å²) in [5.74, 6) is 1.29. The Morgan fingerprint density at radius 2 is 2.07 bits per heavy atom. The Bertz CT molecular complexity index is 462. The summed E-state index contributed by atoms with van der Waals surface area (Å²) < 4.78 is 11.2. The molecule has 1 aromatic heterocycles. The lowest BCUT2D eigenvalue weighted by molar-refractivity contribution is 0.372. The molecule has 0 unspecified atom stereocenters. The molecule has 1 N–H and O–H groups in total. The number of hydrogen-bond donors (Lipinski definition) is 1. The lowest BCUT2D eigenvalue weighted by Gasteiger charge is -2.07. The van der Waals surface area contributed by atoms with E-state index in [0.717, 1.165) is 10.1 Å². The van der Waals surface area contributed by atoms with Crippen LogP contribution in [0.4, 0.5) is 0 Å². The predicted molar refractivity (Wildman–Crippen MR) is 56.6 cm³/mol. The Morgan fingerprint density at radius 3 is 2.71 bits per heavy atom. The third-order valence-electron chi connectivity index (χ3n) is 2.06. The van der Waals surface area contributed by atoms with Crippen LogP contribution in [0.15, 0.2) is 17.5 Å². The molecule has 1 aromatic carbocycles. The Balaban J connectivity index is 2.81. The van der Waals surface area contributed by atoms with Crippen molar-refractivity contribution in [1.82, 2.24) is 0 Å². The zero-order valence-electron chi connectivity index (χ0n) is 7.90. The summed E-state index contributed by atoms with van der Waals surface area (Å²) in [4.78, 5) is 0. The van der Waals surface area contributed by atoms with E-state index in [9.17, 15) is 5.11 Å². The molecular weight excluding hydrogens is 200 g/mol. The van der Waals surface area contributed by atoms with Crippen molar-refractivity contribution in [2.45, 2.75) is 0 Å². The van der Waals surface area contributed by atoms with Crippen LogP contribution in [-0.4, -0.2) is 19.3 Å². The largest absolute Gasteiger partial charge is 0.504 e. The molecule has 3 nitrogen and oxygen atoms in total. The SMILES string of the molecule is COc1cc(O)c(OC)c2sccc12. The minimum Gasteiger partial charge on any atom is -0.504 e. The Kier molecular flexibility index (Phi) is 2.21. The lowest BCUT2D eigenvalue weighted by Crippen LogP contribution is -1.87. The quantitative estimate of drug-likeness (QED) is 0.828. The van der Waals surface area contributed by atoms with Crippen LogP contribution in [0.3, 0.4) is 0 Å². The van der Waals surface area contributed by atoms with Crippen molar-refractivity contribution in [2.24, 2.45) is 0 Å². The van der Waals surface area contributed by atoms with Gasteiger partial charge in [-0.25, -0.2) is 0 Å². The minimum atomic E-state index is 0.110. The van der Waals surface area contributed by atoms with E-state index in [1.165, 1.54) is 11.3 Å². The van der Waals surface area contributed by atoms with E-state index >= 15 is 0 Å². The number of phenolic OH excluding ortho intramolecular Hbond substituents is 1. The zero-order chi connectivity index (χ0) is 10.1. The summed E-state index contributed by atoms with van der Waals surface area (Å²) >= 11 is 1.52. The first-order chi connectivity index (χ1) is 6.77. The number of fused-ring (bicyclic) bond motifs is 1. The standard InChI is InChI=1S/C10H10O3S/c1-12-8-5-7(11)9(13-2)10-6(8)3-4-14-10/h3-5,11H,1-2H3. The van der Waals surface area contributed by atoms with Gasteiger partial charge in [-0.05, 0) is 11.4 Å². The molecule has 0 spiro atoms. The number of rotatable bonds is 2. The summed E-state index contributed by atoms with van der Waals surface area (Å²) in [6.07, 6.45) is 0. The fraction of sp³-hybridized carbons (Fsp3) is 0.200. The first kappa shape index (κ1) is 9.15. The monoisotopic (exact) mass is 210 g/mol. The highest BCUT2D eigenvalue weighted by Gasteiger charge is 2.13. The minimum absolute atomic E-state index is 0.110. The van der Waals surface area contributed by atoms with Crippen molar-refractivity contribution in [2.75, 3.05) is 14.2 Å². The summed E-state index contributed by atoms with van der Waals surface area (Å²) in [5.41, 5.74) is 0. The molecule has 0 fully saturated rings. The second-order valence-electron chi connectivity index (χ2n) is 2.79. The van der Waals surface area contributed by atoms with Crippen LogP contribution in [0.5, 0.6) is 17.2 Å². The van der Waals surface area contributed by atoms with E-state index in [-0.39, 0.29) is 5.75 Å². The van der Waals surface area contributed by atoms with E-state index in [4.69, 9.17) is 9.47 Å². The van der Waals surface area contributed by atoms with Gasteiger partial charge in [0.1, 0.15) is 5.75 Å². The fourth-order valence-electron chi connectivity index (χ4n) is 1.43.